The first-order valence-corrected chi connectivity index (χ1v) is 8.28. The van der Waals surface area contributed by atoms with Crippen LogP contribution < -0.4 is 5.32 Å². The second-order valence-corrected chi connectivity index (χ2v) is 6.50. The van der Waals surface area contributed by atoms with E-state index in [1.807, 2.05) is 6.20 Å². The van der Waals surface area contributed by atoms with Gasteiger partial charge in [0.1, 0.15) is 0 Å². The summed E-state index contributed by atoms with van der Waals surface area (Å²) in [6.07, 6.45) is 7.06. The number of rotatable bonds is 6. The SMILES string of the molecule is CCCNC(Cc1cncc(Br)c1)c1ncc(Cl)cc1Cl. The van der Waals surface area contributed by atoms with Crippen LogP contribution in [0.15, 0.2) is 35.2 Å². The van der Waals surface area contributed by atoms with E-state index in [1.165, 1.54) is 0 Å². The smallest absolute Gasteiger partial charge is 0.0763 e. The van der Waals surface area contributed by atoms with Gasteiger partial charge in [0.05, 0.1) is 21.8 Å². The predicted molar refractivity (Wildman–Crippen MR) is 90.9 cm³/mol. The summed E-state index contributed by atoms with van der Waals surface area (Å²) in [6.45, 7) is 3.02. The van der Waals surface area contributed by atoms with Crippen molar-refractivity contribution in [2.75, 3.05) is 6.54 Å². The molecule has 1 N–H and O–H groups in total. The van der Waals surface area contributed by atoms with E-state index in [4.69, 9.17) is 23.2 Å². The van der Waals surface area contributed by atoms with Crippen LogP contribution in [0.1, 0.15) is 30.6 Å². The Balaban J connectivity index is 2.25. The molecule has 2 aromatic heterocycles. The van der Waals surface area contributed by atoms with Gasteiger partial charge in [-0.1, -0.05) is 30.1 Å². The van der Waals surface area contributed by atoms with Gasteiger partial charge in [-0.25, -0.2) is 0 Å². The van der Waals surface area contributed by atoms with Crippen molar-refractivity contribution in [3.8, 4) is 0 Å². The zero-order valence-electron chi connectivity index (χ0n) is 11.6. The molecule has 0 aliphatic rings. The minimum atomic E-state index is 0.0332. The Morgan fingerprint density at radius 3 is 2.71 bits per heavy atom. The minimum Gasteiger partial charge on any atom is -0.308 e. The molecule has 0 aliphatic heterocycles. The van der Waals surface area contributed by atoms with Crippen molar-refractivity contribution in [2.45, 2.75) is 25.8 Å². The van der Waals surface area contributed by atoms with E-state index in [-0.39, 0.29) is 6.04 Å². The molecule has 0 fully saturated rings. The molecule has 2 heterocycles. The third kappa shape index (κ3) is 4.92. The van der Waals surface area contributed by atoms with Crippen LogP contribution in [-0.2, 0) is 6.42 Å². The van der Waals surface area contributed by atoms with Crippen LogP contribution in [0, 0.1) is 0 Å². The van der Waals surface area contributed by atoms with Crippen molar-refractivity contribution in [1.82, 2.24) is 15.3 Å². The maximum absolute atomic E-state index is 6.29. The van der Waals surface area contributed by atoms with Gasteiger partial charge in [-0.2, -0.15) is 0 Å². The molecule has 0 saturated carbocycles. The molecule has 2 rings (SSSR count). The lowest BCUT2D eigenvalue weighted by atomic mass is 10.0. The normalized spacial score (nSPS) is 12.4. The summed E-state index contributed by atoms with van der Waals surface area (Å²) in [7, 11) is 0. The number of nitrogens with zero attached hydrogens (tertiary/aromatic N) is 2. The van der Waals surface area contributed by atoms with Crippen molar-refractivity contribution in [2.24, 2.45) is 0 Å². The van der Waals surface area contributed by atoms with Gasteiger partial charge in [-0.15, -0.1) is 0 Å². The number of nitrogens with one attached hydrogen (secondary N) is 1. The summed E-state index contributed by atoms with van der Waals surface area (Å²) in [4.78, 5) is 8.59. The van der Waals surface area contributed by atoms with Crippen LogP contribution in [0.25, 0.3) is 0 Å². The minimum absolute atomic E-state index is 0.0332. The highest BCUT2D eigenvalue weighted by molar-refractivity contribution is 9.10. The number of halogens is 3. The highest BCUT2D eigenvalue weighted by Crippen LogP contribution is 2.26. The van der Waals surface area contributed by atoms with E-state index < -0.39 is 0 Å². The lowest BCUT2D eigenvalue weighted by molar-refractivity contribution is 0.517. The van der Waals surface area contributed by atoms with E-state index in [0.717, 1.165) is 35.1 Å². The van der Waals surface area contributed by atoms with Crippen LogP contribution in [0.4, 0.5) is 0 Å². The Bertz CT molecular complexity index is 607. The Morgan fingerprint density at radius 2 is 2.05 bits per heavy atom. The highest BCUT2D eigenvalue weighted by Gasteiger charge is 2.17. The van der Waals surface area contributed by atoms with Gasteiger partial charge in [0.25, 0.3) is 0 Å². The Hall–Kier alpha value is -0.680. The molecule has 2 aromatic rings. The zero-order chi connectivity index (χ0) is 15.2. The van der Waals surface area contributed by atoms with E-state index in [9.17, 15) is 0 Å². The van der Waals surface area contributed by atoms with Crippen molar-refractivity contribution in [3.63, 3.8) is 0 Å². The lowest BCUT2D eigenvalue weighted by Gasteiger charge is -2.19. The first kappa shape index (κ1) is 16.7. The number of aromatic nitrogens is 2. The Labute approximate surface area is 143 Å². The highest BCUT2D eigenvalue weighted by atomic mass is 79.9. The monoisotopic (exact) mass is 387 g/mol. The topological polar surface area (TPSA) is 37.8 Å². The van der Waals surface area contributed by atoms with Crippen molar-refractivity contribution >= 4 is 39.1 Å². The van der Waals surface area contributed by atoms with Crippen LogP contribution in [0.2, 0.25) is 10.0 Å². The fraction of sp³-hybridized carbons (Fsp3) is 0.333. The molecule has 0 saturated heterocycles. The summed E-state index contributed by atoms with van der Waals surface area (Å²) < 4.78 is 0.962. The van der Waals surface area contributed by atoms with Crippen molar-refractivity contribution < 1.29 is 0 Å². The van der Waals surface area contributed by atoms with Crippen molar-refractivity contribution in [3.05, 3.63) is 56.5 Å². The second kappa shape index (κ2) is 8.08. The van der Waals surface area contributed by atoms with Gasteiger partial charge < -0.3 is 5.32 Å². The molecule has 1 unspecified atom stereocenters. The molecular weight excluding hydrogens is 373 g/mol. The second-order valence-electron chi connectivity index (χ2n) is 4.74. The standard InChI is InChI=1S/C15H16BrCl2N3/c1-2-3-20-14(5-10-4-11(16)8-19-7-10)15-13(18)6-12(17)9-21-15/h4,6-9,14,20H,2-3,5H2,1H3. The van der Waals surface area contributed by atoms with Crippen LogP contribution in [0.3, 0.4) is 0 Å². The summed E-state index contributed by atoms with van der Waals surface area (Å²) >= 11 is 15.7. The average molecular weight is 389 g/mol. The third-order valence-corrected chi connectivity index (χ3v) is 3.95. The lowest BCUT2D eigenvalue weighted by Crippen LogP contribution is -2.25. The molecular formula is C15H16BrCl2N3. The van der Waals surface area contributed by atoms with E-state index >= 15 is 0 Å². The molecule has 0 bridgehead atoms. The molecule has 0 spiro atoms. The summed E-state index contributed by atoms with van der Waals surface area (Å²) in [5.74, 6) is 0. The van der Waals surface area contributed by atoms with Gasteiger partial charge in [0.2, 0.25) is 0 Å². The zero-order valence-corrected chi connectivity index (χ0v) is 14.7. The summed E-state index contributed by atoms with van der Waals surface area (Å²) in [5.41, 5.74) is 1.93. The molecule has 21 heavy (non-hydrogen) atoms. The van der Waals surface area contributed by atoms with Gasteiger partial charge >= 0.3 is 0 Å². The van der Waals surface area contributed by atoms with Gasteiger partial charge in [0, 0.05) is 23.1 Å². The molecule has 6 heteroatoms. The fourth-order valence-corrected chi connectivity index (χ4v) is 2.99. The van der Waals surface area contributed by atoms with Crippen molar-refractivity contribution in [1.29, 1.82) is 0 Å². The Kier molecular flexibility index (Phi) is 6.42. The average Bonchev–Trinajstić information content (AvgIpc) is 2.44. The molecule has 0 amide bonds. The van der Waals surface area contributed by atoms with Crippen LogP contribution in [-0.4, -0.2) is 16.5 Å². The Morgan fingerprint density at radius 1 is 1.24 bits per heavy atom. The van der Waals surface area contributed by atoms with Crippen LogP contribution >= 0.6 is 39.1 Å². The number of pyridine rings is 2. The maximum atomic E-state index is 6.29. The molecule has 1 atom stereocenters. The first-order valence-electron chi connectivity index (χ1n) is 6.74. The van der Waals surface area contributed by atoms with Gasteiger partial charge in [-0.3, -0.25) is 9.97 Å². The molecule has 0 aliphatic carbocycles. The predicted octanol–water partition coefficient (Wildman–Crippen LogP) is 4.83. The van der Waals surface area contributed by atoms with Gasteiger partial charge in [0.15, 0.2) is 0 Å². The molecule has 3 nitrogen and oxygen atoms in total. The molecule has 0 radical (unpaired) electrons. The largest absolute Gasteiger partial charge is 0.308 e. The number of hydrogen-bond acceptors (Lipinski definition) is 3. The van der Waals surface area contributed by atoms with E-state index in [2.05, 4.69) is 44.2 Å². The third-order valence-electron chi connectivity index (χ3n) is 3.01. The van der Waals surface area contributed by atoms with E-state index in [1.54, 1.807) is 18.5 Å². The van der Waals surface area contributed by atoms with Crippen LogP contribution in [0.5, 0.6) is 0 Å². The summed E-state index contributed by atoms with van der Waals surface area (Å²) in [6, 6.07) is 3.81. The molecule has 112 valence electrons. The fourth-order valence-electron chi connectivity index (χ4n) is 2.07. The first-order chi connectivity index (χ1) is 10.1. The summed E-state index contributed by atoms with van der Waals surface area (Å²) in [5, 5.41) is 4.61. The van der Waals surface area contributed by atoms with Gasteiger partial charge in [-0.05, 0) is 53.0 Å². The maximum Gasteiger partial charge on any atom is 0.0763 e. The quantitative estimate of drug-likeness (QED) is 0.769. The van der Waals surface area contributed by atoms with E-state index in [0.29, 0.717) is 10.0 Å². The molecule has 0 aromatic carbocycles. The number of hydrogen-bond donors (Lipinski definition) is 1.